The summed E-state index contributed by atoms with van der Waals surface area (Å²) in [5.41, 5.74) is 5.45. The van der Waals surface area contributed by atoms with E-state index in [0.29, 0.717) is 17.1 Å². The molecule has 6 nitrogen and oxygen atoms in total. The van der Waals surface area contributed by atoms with Gasteiger partial charge in [0.15, 0.2) is 17.6 Å². The molecule has 0 aliphatic rings. The molecule has 0 heterocycles. The molecule has 1 amide bonds. The first-order valence-corrected chi connectivity index (χ1v) is 5.22. The average molecular weight is 253 g/mol. The number of rotatable bonds is 5. The first-order chi connectivity index (χ1) is 8.49. The van der Waals surface area contributed by atoms with Crippen LogP contribution in [0.4, 0.5) is 0 Å². The van der Waals surface area contributed by atoms with Crippen molar-refractivity contribution < 1.29 is 23.8 Å². The fourth-order valence-electron chi connectivity index (χ4n) is 1.32. The van der Waals surface area contributed by atoms with E-state index in [1.165, 1.54) is 32.4 Å². The predicted octanol–water partition coefficient (Wildman–Crippen LogP) is 0.734. The Morgan fingerprint density at radius 3 is 2.39 bits per heavy atom. The third-order valence-corrected chi connectivity index (χ3v) is 2.29. The van der Waals surface area contributed by atoms with E-state index in [-0.39, 0.29) is 0 Å². The highest BCUT2D eigenvalue weighted by Crippen LogP contribution is 2.28. The van der Waals surface area contributed by atoms with Crippen molar-refractivity contribution in [1.82, 2.24) is 0 Å². The molecule has 0 aliphatic heterocycles. The van der Waals surface area contributed by atoms with Gasteiger partial charge in [0.05, 0.1) is 14.2 Å². The molecule has 1 atom stereocenters. The van der Waals surface area contributed by atoms with E-state index in [9.17, 15) is 9.59 Å². The second-order valence-corrected chi connectivity index (χ2v) is 3.51. The van der Waals surface area contributed by atoms with E-state index in [2.05, 4.69) is 4.74 Å². The van der Waals surface area contributed by atoms with Crippen LogP contribution in [-0.2, 0) is 9.53 Å². The Morgan fingerprint density at radius 2 is 1.89 bits per heavy atom. The lowest BCUT2D eigenvalue weighted by Gasteiger charge is -2.15. The minimum atomic E-state index is -0.775. The molecular weight excluding hydrogens is 238 g/mol. The number of primary amides is 1. The van der Waals surface area contributed by atoms with Crippen LogP contribution in [0.1, 0.15) is 17.3 Å². The standard InChI is InChI=1S/C12H15NO5/c1-7(12(15)17-3)18-9-5-4-8(11(13)14)6-10(9)16-2/h4-7H,1-3H3,(H2,13,14)/t7-/m0/s1. The van der Waals surface area contributed by atoms with Crippen LogP contribution in [0.25, 0.3) is 0 Å². The Bertz CT molecular complexity index is 458. The summed E-state index contributed by atoms with van der Waals surface area (Å²) in [5.74, 6) is -0.417. The molecular formula is C12H15NO5. The van der Waals surface area contributed by atoms with Gasteiger partial charge in [-0.05, 0) is 25.1 Å². The van der Waals surface area contributed by atoms with Crippen molar-refractivity contribution in [2.75, 3.05) is 14.2 Å². The lowest BCUT2D eigenvalue weighted by molar-refractivity contribution is -0.147. The molecule has 98 valence electrons. The molecule has 18 heavy (non-hydrogen) atoms. The SMILES string of the molecule is COC(=O)[C@H](C)Oc1ccc(C(N)=O)cc1OC. The third kappa shape index (κ3) is 3.13. The van der Waals surface area contributed by atoms with Crippen LogP contribution in [0.15, 0.2) is 18.2 Å². The normalized spacial score (nSPS) is 11.5. The summed E-state index contributed by atoms with van der Waals surface area (Å²) < 4.78 is 15.0. The van der Waals surface area contributed by atoms with E-state index < -0.39 is 18.0 Å². The number of methoxy groups -OCH3 is 2. The molecule has 6 heteroatoms. The summed E-state index contributed by atoms with van der Waals surface area (Å²) in [4.78, 5) is 22.2. The molecule has 0 aromatic heterocycles. The predicted molar refractivity (Wildman–Crippen MR) is 63.6 cm³/mol. The number of ether oxygens (including phenoxy) is 3. The minimum Gasteiger partial charge on any atom is -0.493 e. The van der Waals surface area contributed by atoms with Crippen LogP contribution < -0.4 is 15.2 Å². The Labute approximate surface area is 105 Å². The van der Waals surface area contributed by atoms with E-state index in [1.54, 1.807) is 6.92 Å². The van der Waals surface area contributed by atoms with Crippen molar-refractivity contribution in [2.24, 2.45) is 5.73 Å². The summed E-state index contributed by atoms with van der Waals surface area (Å²) in [6, 6.07) is 4.45. The van der Waals surface area contributed by atoms with Crippen molar-refractivity contribution in [3.05, 3.63) is 23.8 Å². The summed E-state index contributed by atoms with van der Waals surface area (Å²) in [7, 11) is 2.70. The highest BCUT2D eigenvalue weighted by molar-refractivity contribution is 5.93. The van der Waals surface area contributed by atoms with Crippen molar-refractivity contribution >= 4 is 11.9 Å². The zero-order valence-corrected chi connectivity index (χ0v) is 10.4. The molecule has 0 radical (unpaired) electrons. The Balaban J connectivity index is 2.96. The van der Waals surface area contributed by atoms with Gasteiger partial charge >= 0.3 is 5.97 Å². The first-order valence-electron chi connectivity index (χ1n) is 5.22. The van der Waals surface area contributed by atoms with Crippen molar-refractivity contribution in [3.63, 3.8) is 0 Å². The number of benzene rings is 1. The number of hydrogen-bond donors (Lipinski definition) is 1. The average Bonchev–Trinajstić information content (AvgIpc) is 2.37. The van der Waals surface area contributed by atoms with Crippen LogP contribution in [0.3, 0.4) is 0 Å². The number of hydrogen-bond acceptors (Lipinski definition) is 5. The molecule has 0 unspecified atom stereocenters. The van der Waals surface area contributed by atoms with Crippen molar-refractivity contribution in [1.29, 1.82) is 0 Å². The number of carbonyl (C=O) groups is 2. The second kappa shape index (κ2) is 5.90. The molecule has 1 aromatic rings. The maximum absolute atomic E-state index is 11.2. The smallest absolute Gasteiger partial charge is 0.346 e. The van der Waals surface area contributed by atoms with Crippen LogP contribution in [0, 0.1) is 0 Å². The molecule has 0 aliphatic carbocycles. The van der Waals surface area contributed by atoms with Gasteiger partial charge < -0.3 is 19.9 Å². The minimum absolute atomic E-state index is 0.296. The van der Waals surface area contributed by atoms with Crippen LogP contribution in [-0.4, -0.2) is 32.2 Å². The van der Waals surface area contributed by atoms with Crippen molar-refractivity contribution in [3.8, 4) is 11.5 Å². The molecule has 0 spiro atoms. The molecule has 1 rings (SSSR count). The molecule has 2 N–H and O–H groups in total. The van der Waals surface area contributed by atoms with E-state index in [1.807, 2.05) is 0 Å². The van der Waals surface area contributed by atoms with Gasteiger partial charge in [0.25, 0.3) is 0 Å². The van der Waals surface area contributed by atoms with E-state index in [4.69, 9.17) is 15.2 Å². The fourth-order valence-corrected chi connectivity index (χ4v) is 1.32. The molecule has 0 saturated heterocycles. The Morgan fingerprint density at radius 1 is 1.22 bits per heavy atom. The maximum atomic E-state index is 11.2. The lowest BCUT2D eigenvalue weighted by Crippen LogP contribution is -2.25. The van der Waals surface area contributed by atoms with E-state index in [0.717, 1.165) is 0 Å². The van der Waals surface area contributed by atoms with Gasteiger partial charge in [-0.3, -0.25) is 4.79 Å². The van der Waals surface area contributed by atoms with Crippen LogP contribution in [0.5, 0.6) is 11.5 Å². The van der Waals surface area contributed by atoms with Gasteiger partial charge in [-0.25, -0.2) is 4.79 Å². The summed E-state index contributed by atoms with van der Waals surface area (Å²) in [6.45, 7) is 1.55. The van der Waals surface area contributed by atoms with Gasteiger partial charge in [-0.2, -0.15) is 0 Å². The topological polar surface area (TPSA) is 87.9 Å². The largest absolute Gasteiger partial charge is 0.493 e. The molecule has 0 saturated carbocycles. The Kier molecular flexibility index (Phi) is 4.53. The van der Waals surface area contributed by atoms with Crippen LogP contribution in [0.2, 0.25) is 0 Å². The lowest BCUT2D eigenvalue weighted by atomic mass is 10.2. The number of carbonyl (C=O) groups excluding carboxylic acids is 2. The zero-order valence-electron chi connectivity index (χ0n) is 10.4. The fraction of sp³-hybridized carbons (Fsp3) is 0.333. The van der Waals surface area contributed by atoms with Gasteiger partial charge in [0.1, 0.15) is 0 Å². The summed E-state index contributed by atoms with van der Waals surface area (Å²) in [5, 5.41) is 0. The Hall–Kier alpha value is -2.24. The third-order valence-electron chi connectivity index (χ3n) is 2.29. The summed E-state index contributed by atoms with van der Waals surface area (Å²) in [6.07, 6.45) is -0.775. The number of esters is 1. The van der Waals surface area contributed by atoms with Gasteiger partial charge in [-0.1, -0.05) is 0 Å². The number of nitrogens with two attached hydrogens (primary N) is 1. The quantitative estimate of drug-likeness (QED) is 0.782. The van der Waals surface area contributed by atoms with Gasteiger partial charge in [-0.15, -0.1) is 0 Å². The maximum Gasteiger partial charge on any atom is 0.346 e. The number of amides is 1. The monoisotopic (exact) mass is 253 g/mol. The summed E-state index contributed by atoms with van der Waals surface area (Å²) >= 11 is 0. The molecule has 0 fully saturated rings. The van der Waals surface area contributed by atoms with Crippen LogP contribution >= 0.6 is 0 Å². The van der Waals surface area contributed by atoms with Crippen molar-refractivity contribution in [2.45, 2.75) is 13.0 Å². The zero-order chi connectivity index (χ0) is 13.7. The van der Waals surface area contributed by atoms with Gasteiger partial charge in [0.2, 0.25) is 5.91 Å². The molecule has 0 bridgehead atoms. The van der Waals surface area contributed by atoms with Gasteiger partial charge in [0, 0.05) is 5.56 Å². The molecule has 1 aromatic carbocycles. The second-order valence-electron chi connectivity index (χ2n) is 3.51. The highest BCUT2D eigenvalue weighted by atomic mass is 16.6. The highest BCUT2D eigenvalue weighted by Gasteiger charge is 2.17. The van der Waals surface area contributed by atoms with E-state index >= 15 is 0 Å². The first kappa shape index (κ1) is 13.8.